The summed E-state index contributed by atoms with van der Waals surface area (Å²) in [5.74, 6) is 4.75. The molecule has 0 aromatic carbocycles. The van der Waals surface area contributed by atoms with E-state index in [-0.39, 0.29) is 11.7 Å². The number of hydrogen-bond acceptors (Lipinski definition) is 6. The molecule has 0 aliphatic carbocycles. The van der Waals surface area contributed by atoms with Crippen LogP contribution in [0.1, 0.15) is 20.8 Å². The largest absolute Gasteiger partial charge is 0.476 e. The number of rotatable bonds is 5. The van der Waals surface area contributed by atoms with Crippen LogP contribution in [0, 0.1) is 5.92 Å². The summed E-state index contributed by atoms with van der Waals surface area (Å²) >= 11 is 0. The summed E-state index contributed by atoms with van der Waals surface area (Å²) in [5.41, 5.74) is 0.300. The van der Waals surface area contributed by atoms with Gasteiger partial charge in [0.1, 0.15) is 12.9 Å². The number of carbonyl (C=O) groups is 1. The average Bonchev–Trinajstić information content (AvgIpc) is 2.22. The first kappa shape index (κ1) is 13.4. The van der Waals surface area contributed by atoms with Crippen molar-refractivity contribution in [2.75, 3.05) is 13.7 Å². The van der Waals surface area contributed by atoms with Gasteiger partial charge < -0.3 is 15.4 Å². The SMILES string of the molecule is CCOC(=N/N)/C(=N\OC)C(C)C(C)=O. The standard InChI is InChI=1S/C9H17N3O3/c1-5-15-9(11-10)8(12-14-4)6(2)7(3)13/h6H,5,10H2,1-4H3/b11-9+,12-8-. The molecule has 0 radical (unpaired) electrons. The van der Waals surface area contributed by atoms with Gasteiger partial charge in [-0.2, -0.15) is 0 Å². The van der Waals surface area contributed by atoms with Gasteiger partial charge in [-0.05, 0) is 20.8 Å². The van der Waals surface area contributed by atoms with Crippen molar-refractivity contribution < 1.29 is 14.4 Å². The predicted octanol–water partition coefficient (Wildman–Crippen LogP) is 0.523. The molecule has 0 bridgehead atoms. The number of nitrogens with two attached hydrogens (primary N) is 1. The third-order valence-electron chi connectivity index (χ3n) is 1.83. The fourth-order valence-corrected chi connectivity index (χ4v) is 0.908. The first-order chi connectivity index (χ1) is 7.08. The maximum atomic E-state index is 11.2. The summed E-state index contributed by atoms with van der Waals surface area (Å²) in [7, 11) is 1.38. The molecule has 86 valence electrons. The van der Waals surface area contributed by atoms with Crippen molar-refractivity contribution in [2.45, 2.75) is 20.8 Å². The molecule has 6 heteroatoms. The summed E-state index contributed by atoms with van der Waals surface area (Å²) in [5, 5.41) is 7.13. The predicted molar refractivity (Wildman–Crippen MR) is 57.5 cm³/mol. The van der Waals surface area contributed by atoms with Gasteiger partial charge in [0.25, 0.3) is 5.90 Å². The van der Waals surface area contributed by atoms with Gasteiger partial charge in [0.15, 0.2) is 5.71 Å². The lowest BCUT2D eigenvalue weighted by molar-refractivity contribution is -0.118. The Morgan fingerprint density at radius 3 is 2.47 bits per heavy atom. The third kappa shape index (κ3) is 3.97. The van der Waals surface area contributed by atoms with Gasteiger partial charge in [0.05, 0.1) is 12.5 Å². The van der Waals surface area contributed by atoms with Crippen molar-refractivity contribution in [2.24, 2.45) is 22.0 Å². The molecule has 0 aliphatic rings. The van der Waals surface area contributed by atoms with Crippen LogP contribution in [0.5, 0.6) is 0 Å². The molecule has 0 spiro atoms. The molecular formula is C9H17N3O3. The van der Waals surface area contributed by atoms with Crippen LogP contribution < -0.4 is 5.84 Å². The van der Waals surface area contributed by atoms with Crippen LogP contribution in [0.15, 0.2) is 10.3 Å². The smallest absolute Gasteiger partial charge is 0.256 e. The van der Waals surface area contributed by atoms with Crippen molar-refractivity contribution in [1.29, 1.82) is 0 Å². The van der Waals surface area contributed by atoms with Gasteiger partial charge in [-0.25, -0.2) is 0 Å². The van der Waals surface area contributed by atoms with Crippen LogP contribution in [-0.4, -0.2) is 31.1 Å². The highest BCUT2D eigenvalue weighted by Crippen LogP contribution is 2.04. The Labute approximate surface area is 89.1 Å². The molecule has 0 heterocycles. The number of oxime groups is 1. The quantitative estimate of drug-likeness (QED) is 0.313. The Morgan fingerprint density at radius 1 is 1.53 bits per heavy atom. The summed E-state index contributed by atoms with van der Waals surface area (Å²) in [6, 6.07) is 0. The maximum Gasteiger partial charge on any atom is 0.256 e. The number of carbonyl (C=O) groups excluding carboxylic acids is 1. The lowest BCUT2D eigenvalue weighted by Gasteiger charge is -2.12. The number of nitrogens with zero attached hydrogens (tertiary/aromatic N) is 2. The van der Waals surface area contributed by atoms with E-state index >= 15 is 0 Å². The van der Waals surface area contributed by atoms with E-state index in [1.165, 1.54) is 14.0 Å². The Morgan fingerprint density at radius 2 is 2.13 bits per heavy atom. The molecule has 2 N–H and O–H groups in total. The summed E-state index contributed by atoms with van der Waals surface area (Å²) in [6.45, 7) is 5.32. The van der Waals surface area contributed by atoms with Gasteiger partial charge in [-0.3, -0.25) is 4.79 Å². The molecule has 6 nitrogen and oxygen atoms in total. The van der Waals surface area contributed by atoms with Crippen molar-refractivity contribution in [1.82, 2.24) is 0 Å². The fraction of sp³-hybridized carbons (Fsp3) is 0.667. The molecule has 0 aromatic rings. The van der Waals surface area contributed by atoms with Crippen molar-refractivity contribution in [3.63, 3.8) is 0 Å². The minimum absolute atomic E-state index is 0.0633. The number of ketones is 1. The molecule has 1 atom stereocenters. The number of ether oxygens (including phenoxy) is 1. The van der Waals surface area contributed by atoms with Crippen LogP contribution >= 0.6 is 0 Å². The molecule has 0 amide bonds. The zero-order chi connectivity index (χ0) is 11.8. The summed E-state index contributed by atoms with van der Waals surface area (Å²) in [4.78, 5) is 15.8. The van der Waals surface area contributed by atoms with Crippen LogP contribution in [0.25, 0.3) is 0 Å². The monoisotopic (exact) mass is 215 g/mol. The van der Waals surface area contributed by atoms with Crippen molar-refractivity contribution in [3.8, 4) is 0 Å². The van der Waals surface area contributed by atoms with Crippen LogP contribution in [0.3, 0.4) is 0 Å². The van der Waals surface area contributed by atoms with E-state index < -0.39 is 5.92 Å². The van der Waals surface area contributed by atoms with Gasteiger partial charge >= 0.3 is 0 Å². The Kier molecular flexibility index (Phi) is 6.08. The lowest BCUT2D eigenvalue weighted by atomic mass is 10.0. The second-order valence-corrected chi connectivity index (χ2v) is 2.86. The highest BCUT2D eigenvalue weighted by atomic mass is 16.6. The molecule has 0 saturated heterocycles. The van der Waals surface area contributed by atoms with E-state index in [1.807, 2.05) is 0 Å². The molecule has 15 heavy (non-hydrogen) atoms. The maximum absolute atomic E-state index is 11.2. The highest BCUT2D eigenvalue weighted by molar-refractivity contribution is 6.42. The van der Waals surface area contributed by atoms with Crippen molar-refractivity contribution in [3.05, 3.63) is 0 Å². The Balaban J connectivity index is 4.96. The first-order valence-electron chi connectivity index (χ1n) is 4.60. The van der Waals surface area contributed by atoms with Crippen LogP contribution in [0.4, 0.5) is 0 Å². The van der Waals surface area contributed by atoms with Gasteiger partial charge in [-0.1, -0.05) is 5.16 Å². The first-order valence-corrected chi connectivity index (χ1v) is 4.60. The number of hydrazone groups is 1. The Bertz CT molecular complexity index is 274. The van der Waals surface area contributed by atoms with E-state index in [0.717, 1.165) is 0 Å². The van der Waals surface area contributed by atoms with Gasteiger partial charge in [0, 0.05) is 0 Å². The molecule has 1 unspecified atom stereocenters. The molecular weight excluding hydrogens is 198 g/mol. The summed E-state index contributed by atoms with van der Waals surface area (Å²) < 4.78 is 5.14. The van der Waals surface area contributed by atoms with E-state index in [4.69, 9.17) is 10.6 Å². The summed E-state index contributed by atoms with van der Waals surface area (Å²) in [6.07, 6.45) is 0. The van der Waals surface area contributed by atoms with Crippen LogP contribution in [0.2, 0.25) is 0 Å². The number of Topliss-reactive ketones (excluding diaryl/α,β-unsaturated/α-hetero) is 1. The normalized spacial score (nSPS) is 14.7. The number of hydrogen-bond donors (Lipinski definition) is 1. The van der Waals surface area contributed by atoms with Crippen molar-refractivity contribution >= 4 is 17.4 Å². The van der Waals surface area contributed by atoms with E-state index in [9.17, 15) is 4.79 Å². The zero-order valence-corrected chi connectivity index (χ0v) is 9.48. The Hall–Kier alpha value is -1.59. The molecule has 0 aromatic heterocycles. The molecule has 0 saturated carbocycles. The topological polar surface area (TPSA) is 86.3 Å². The van der Waals surface area contributed by atoms with Gasteiger partial charge in [-0.15, -0.1) is 5.10 Å². The van der Waals surface area contributed by atoms with Gasteiger partial charge in [0.2, 0.25) is 0 Å². The zero-order valence-electron chi connectivity index (χ0n) is 9.48. The second-order valence-electron chi connectivity index (χ2n) is 2.86. The molecule has 0 rings (SSSR count). The minimum atomic E-state index is -0.459. The van der Waals surface area contributed by atoms with E-state index in [2.05, 4.69) is 15.1 Å². The van der Waals surface area contributed by atoms with E-state index in [1.54, 1.807) is 13.8 Å². The fourth-order valence-electron chi connectivity index (χ4n) is 0.908. The minimum Gasteiger partial charge on any atom is -0.476 e. The molecule has 0 aliphatic heterocycles. The van der Waals surface area contributed by atoms with E-state index in [0.29, 0.717) is 12.3 Å². The third-order valence-corrected chi connectivity index (χ3v) is 1.83. The lowest BCUT2D eigenvalue weighted by Crippen LogP contribution is -2.30. The average molecular weight is 215 g/mol. The van der Waals surface area contributed by atoms with Crippen LogP contribution in [-0.2, 0) is 14.4 Å². The highest BCUT2D eigenvalue weighted by Gasteiger charge is 2.23. The molecule has 0 fully saturated rings. The second kappa shape index (κ2) is 6.80.